The van der Waals surface area contributed by atoms with Crippen LogP contribution in [-0.4, -0.2) is 62.7 Å². The fourth-order valence-corrected chi connectivity index (χ4v) is 6.53. The van der Waals surface area contributed by atoms with Gasteiger partial charge in [-0.2, -0.15) is 0 Å². The van der Waals surface area contributed by atoms with Crippen LogP contribution in [0.3, 0.4) is 0 Å². The zero-order chi connectivity index (χ0) is 26.7. The van der Waals surface area contributed by atoms with Gasteiger partial charge in [0, 0.05) is 41.9 Å². The maximum absolute atomic E-state index is 6.60. The monoisotopic (exact) mass is 571 g/mol. The largest absolute Gasteiger partial charge is 0.454 e. The van der Waals surface area contributed by atoms with Gasteiger partial charge in [-0.25, -0.2) is 10.5 Å². The van der Waals surface area contributed by atoms with Crippen molar-refractivity contribution < 1.29 is 23.8 Å². The van der Waals surface area contributed by atoms with Crippen molar-refractivity contribution in [3.05, 3.63) is 69.7 Å². The zero-order valence-corrected chi connectivity index (χ0v) is 23.6. The molecule has 1 N–H and O–H groups in total. The molecule has 10 heteroatoms. The number of nitrogens with zero attached hydrogens (tertiary/aromatic N) is 2. The molecule has 208 valence electrons. The van der Waals surface area contributed by atoms with E-state index in [1.807, 2.05) is 36.5 Å². The number of hydrogen-bond acceptors (Lipinski definition) is 9. The van der Waals surface area contributed by atoms with Crippen molar-refractivity contribution in [1.82, 2.24) is 9.88 Å². The van der Waals surface area contributed by atoms with Gasteiger partial charge >= 0.3 is 0 Å². The molecule has 39 heavy (non-hydrogen) atoms. The molecule has 0 spiro atoms. The summed E-state index contributed by atoms with van der Waals surface area (Å²) in [4.78, 5) is 14.0. The maximum atomic E-state index is 6.60. The van der Waals surface area contributed by atoms with Crippen molar-refractivity contribution >= 4 is 28.1 Å². The number of aromatic nitrogens is 1. The second kappa shape index (κ2) is 12.0. The maximum Gasteiger partial charge on any atom is 0.231 e. The van der Waals surface area contributed by atoms with Gasteiger partial charge in [-0.3, -0.25) is 9.74 Å². The number of anilines is 1. The Balaban J connectivity index is 1.08. The van der Waals surface area contributed by atoms with Crippen LogP contribution in [0, 0.1) is 0 Å². The minimum absolute atomic E-state index is 0.00642. The van der Waals surface area contributed by atoms with Gasteiger partial charge in [-0.15, -0.1) is 0 Å². The molecule has 6 rings (SSSR count). The summed E-state index contributed by atoms with van der Waals surface area (Å²) in [5.41, 5.74) is 5.21. The Bertz CT molecular complexity index is 1270. The Labute approximate surface area is 238 Å². The number of halogens is 1. The summed E-state index contributed by atoms with van der Waals surface area (Å²) >= 11 is 8.12. The number of thiazole rings is 1. The number of rotatable bonds is 13. The molecular formula is C29H34ClN3O5S. The number of nitrogens with one attached hydrogen (secondary N) is 1. The summed E-state index contributed by atoms with van der Waals surface area (Å²) in [6, 6.07) is 14.5. The van der Waals surface area contributed by atoms with Crippen LogP contribution < -0.4 is 15.0 Å². The highest BCUT2D eigenvalue weighted by atomic mass is 35.5. The molecule has 3 aliphatic rings. The summed E-state index contributed by atoms with van der Waals surface area (Å²) in [7, 11) is 1.77. The third kappa shape index (κ3) is 6.04. The van der Waals surface area contributed by atoms with Crippen LogP contribution in [0.2, 0.25) is 5.02 Å². The fraction of sp³-hybridized carbons (Fsp3) is 0.483. The van der Waals surface area contributed by atoms with Gasteiger partial charge in [0.2, 0.25) is 11.9 Å². The average molecular weight is 572 g/mol. The summed E-state index contributed by atoms with van der Waals surface area (Å²) in [5, 5.41) is 1.37. The molecule has 3 heterocycles. The highest BCUT2D eigenvalue weighted by Crippen LogP contribution is 2.50. The highest BCUT2D eigenvalue weighted by Gasteiger charge is 2.45. The van der Waals surface area contributed by atoms with E-state index in [-0.39, 0.29) is 18.3 Å². The van der Waals surface area contributed by atoms with Crippen LogP contribution in [0.25, 0.3) is 0 Å². The number of ether oxygens (including phenoxy) is 4. The molecule has 2 atom stereocenters. The molecule has 0 bridgehead atoms. The molecule has 2 fully saturated rings. The van der Waals surface area contributed by atoms with Crippen LogP contribution >= 0.6 is 22.9 Å². The zero-order valence-electron chi connectivity index (χ0n) is 22.1. The quantitative estimate of drug-likeness (QED) is 0.257. The van der Waals surface area contributed by atoms with Crippen LogP contribution in [0.5, 0.6) is 11.5 Å². The first kappa shape index (κ1) is 26.8. The van der Waals surface area contributed by atoms with Crippen LogP contribution in [0.15, 0.2) is 48.7 Å². The number of methoxy groups -OCH3 is 1. The van der Waals surface area contributed by atoms with Crippen molar-refractivity contribution in [3.8, 4) is 11.5 Å². The Kier molecular flexibility index (Phi) is 8.25. The van der Waals surface area contributed by atoms with Gasteiger partial charge in [0.05, 0.1) is 24.7 Å². The lowest BCUT2D eigenvalue weighted by Crippen LogP contribution is -2.35. The lowest BCUT2D eigenvalue weighted by Gasteiger charge is -2.25. The first-order valence-corrected chi connectivity index (χ1v) is 14.7. The summed E-state index contributed by atoms with van der Waals surface area (Å²) < 4.78 is 22.9. The molecule has 1 aromatic heterocycles. The topological polar surface area (TPSA) is 74.3 Å². The predicted octanol–water partition coefficient (Wildman–Crippen LogP) is 5.82. The van der Waals surface area contributed by atoms with Gasteiger partial charge in [-0.05, 0) is 56.0 Å². The van der Waals surface area contributed by atoms with E-state index in [4.69, 9.17) is 35.4 Å². The lowest BCUT2D eigenvalue weighted by atomic mass is 9.97. The normalized spacial score (nSPS) is 20.3. The van der Waals surface area contributed by atoms with Gasteiger partial charge in [0.25, 0.3) is 0 Å². The first-order chi connectivity index (χ1) is 19.1. The van der Waals surface area contributed by atoms with Gasteiger partial charge in [0.15, 0.2) is 11.5 Å². The standard InChI is InChI=1S/C29H34ClN3O5S/c1-34-17-21-5-4-12-33(21)13-14-35-27(22-6-2-3-7-23(22)30)26-16-31-28(39-26)32-38-18-29(10-11-29)20-8-9-24-25(15-20)37-19-36-24/h2-3,6-9,15-16,21,27H,4-5,10-14,17-19H2,1H3,(H,31,32)/t21-,27?/m0/s1. The number of likely N-dealkylation sites (tertiary alicyclic amines) is 1. The molecule has 1 aliphatic carbocycles. The molecule has 2 aliphatic heterocycles. The molecule has 2 aromatic carbocycles. The Morgan fingerprint density at radius 3 is 2.92 bits per heavy atom. The second-order valence-electron chi connectivity index (χ2n) is 10.4. The van der Waals surface area contributed by atoms with E-state index < -0.39 is 0 Å². The summed E-state index contributed by atoms with van der Waals surface area (Å²) in [6.07, 6.45) is 6.05. The molecule has 3 aromatic rings. The van der Waals surface area contributed by atoms with E-state index in [1.165, 1.54) is 29.7 Å². The van der Waals surface area contributed by atoms with Crippen LogP contribution in [0.4, 0.5) is 5.13 Å². The Morgan fingerprint density at radius 2 is 2.08 bits per heavy atom. The Morgan fingerprint density at radius 1 is 1.21 bits per heavy atom. The molecule has 0 amide bonds. The van der Waals surface area contributed by atoms with E-state index in [9.17, 15) is 0 Å². The highest BCUT2D eigenvalue weighted by molar-refractivity contribution is 7.15. The summed E-state index contributed by atoms with van der Waals surface area (Å²) in [5.74, 6) is 1.61. The van der Waals surface area contributed by atoms with Crippen molar-refractivity contribution in [1.29, 1.82) is 0 Å². The van der Waals surface area contributed by atoms with E-state index in [1.54, 1.807) is 7.11 Å². The third-order valence-electron chi connectivity index (χ3n) is 7.84. The van der Waals surface area contributed by atoms with Crippen molar-refractivity contribution in [2.45, 2.75) is 43.2 Å². The van der Waals surface area contributed by atoms with Crippen molar-refractivity contribution in [2.24, 2.45) is 0 Å². The van der Waals surface area contributed by atoms with Crippen LogP contribution in [-0.2, 0) is 19.7 Å². The smallest absolute Gasteiger partial charge is 0.231 e. The predicted molar refractivity (Wildman–Crippen MR) is 151 cm³/mol. The van der Waals surface area contributed by atoms with E-state index >= 15 is 0 Å². The van der Waals surface area contributed by atoms with Crippen molar-refractivity contribution in [2.75, 3.05) is 52.3 Å². The second-order valence-corrected chi connectivity index (χ2v) is 11.8. The fourth-order valence-electron chi connectivity index (χ4n) is 5.46. The van der Waals surface area contributed by atoms with E-state index in [2.05, 4.69) is 27.5 Å². The minimum atomic E-state index is -0.307. The van der Waals surface area contributed by atoms with Gasteiger partial charge < -0.3 is 18.9 Å². The average Bonchev–Trinajstić information content (AvgIpc) is 3.29. The molecule has 0 radical (unpaired) electrons. The third-order valence-corrected chi connectivity index (χ3v) is 9.12. The molecule has 8 nitrogen and oxygen atoms in total. The molecular weight excluding hydrogens is 538 g/mol. The van der Waals surface area contributed by atoms with E-state index in [0.29, 0.717) is 29.4 Å². The van der Waals surface area contributed by atoms with Crippen LogP contribution in [0.1, 0.15) is 47.8 Å². The van der Waals surface area contributed by atoms with Crippen molar-refractivity contribution in [3.63, 3.8) is 0 Å². The summed E-state index contributed by atoms with van der Waals surface area (Å²) in [6.45, 7) is 4.10. The number of fused-ring (bicyclic) bond motifs is 1. The Hall–Kier alpha value is -2.40. The molecule has 1 saturated heterocycles. The SMILES string of the molecule is COC[C@@H]1CCCN1CCOC(c1cnc(NOCC2(c3ccc4c(c3)OCO4)CC2)s1)c1ccccc1Cl. The first-order valence-electron chi connectivity index (χ1n) is 13.5. The van der Waals surface area contributed by atoms with Gasteiger partial charge in [-0.1, -0.05) is 47.2 Å². The lowest BCUT2D eigenvalue weighted by molar-refractivity contribution is 0.0465. The number of hydrogen-bond donors (Lipinski definition) is 1. The molecule has 1 saturated carbocycles. The minimum Gasteiger partial charge on any atom is -0.454 e. The number of benzene rings is 2. The molecule has 1 unspecified atom stereocenters. The van der Waals surface area contributed by atoms with Gasteiger partial charge in [0.1, 0.15) is 6.10 Å². The van der Waals surface area contributed by atoms with E-state index in [0.717, 1.165) is 54.5 Å².